The first-order chi connectivity index (χ1) is 11.8. The van der Waals surface area contributed by atoms with Gasteiger partial charge < -0.3 is 4.74 Å². The molecular formula is C21H18N2O. The summed E-state index contributed by atoms with van der Waals surface area (Å²) in [6, 6.07) is 20.7. The minimum Gasteiger partial charge on any atom is -0.494 e. The van der Waals surface area contributed by atoms with Gasteiger partial charge in [0.15, 0.2) is 0 Å². The van der Waals surface area contributed by atoms with E-state index in [9.17, 15) is 0 Å². The molecule has 1 aliphatic rings. The van der Waals surface area contributed by atoms with Crippen molar-refractivity contribution in [3.05, 3.63) is 77.4 Å². The molecule has 1 aliphatic carbocycles. The predicted molar refractivity (Wildman–Crippen MR) is 96.6 cm³/mol. The van der Waals surface area contributed by atoms with E-state index in [0.29, 0.717) is 0 Å². The first-order valence-electron chi connectivity index (χ1n) is 8.03. The molecule has 0 saturated carbocycles. The van der Waals surface area contributed by atoms with Crippen LogP contribution in [0.5, 0.6) is 5.75 Å². The zero-order valence-electron chi connectivity index (χ0n) is 13.8. The van der Waals surface area contributed by atoms with Crippen molar-refractivity contribution in [3.8, 4) is 16.9 Å². The number of ether oxygens (including phenoxy) is 1. The molecule has 0 heterocycles. The lowest BCUT2D eigenvalue weighted by molar-refractivity contribution is 0.413. The maximum Gasteiger partial charge on any atom is 0.149 e. The van der Waals surface area contributed by atoms with Crippen LogP contribution in [0.15, 0.2) is 70.9 Å². The summed E-state index contributed by atoms with van der Waals surface area (Å²) >= 11 is 0. The Kier molecular flexibility index (Phi) is 3.62. The van der Waals surface area contributed by atoms with Crippen LogP contribution in [-0.2, 0) is 6.42 Å². The minimum atomic E-state index is 0.755. The van der Waals surface area contributed by atoms with Gasteiger partial charge in [-0.25, -0.2) is 0 Å². The van der Waals surface area contributed by atoms with Gasteiger partial charge in [-0.1, -0.05) is 48.5 Å². The molecule has 0 atom stereocenters. The molecule has 0 spiro atoms. The van der Waals surface area contributed by atoms with Gasteiger partial charge >= 0.3 is 0 Å². The van der Waals surface area contributed by atoms with Crippen LogP contribution in [0.1, 0.15) is 16.7 Å². The molecule has 3 nitrogen and oxygen atoms in total. The van der Waals surface area contributed by atoms with Crippen molar-refractivity contribution in [2.45, 2.75) is 13.3 Å². The molecule has 4 rings (SSSR count). The highest BCUT2D eigenvalue weighted by molar-refractivity contribution is 5.81. The monoisotopic (exact) mass is 314 g/mol. The first kappa shape index (κ1) is 14.6. The molecular weight excluding hydrogens is 296 g/mol. The van der Waals surface area contributed by atoms with Crippen molar-refractivity contribution in [3.63, 3.8) is 0 Å². The van der Waals surface area contributed by atoms with Crippen LogP contribution in [-0.4, -0.2) is 7.11 Å². The van der Waals surface area contributed by atoms with E-state index in [-0.39, 0.29) is 0 Å². The van der Waals surface area contributed by atoms with Crippen molar-refractivity contribution >= 4 is 11.4 Å². The number of fused-ring (bicyclic) bond motifs is 3. The zero-order chi connectivity index (χ0) is 16.5. The number of nitrogens with zero attached hydrogens (tertiary/aromatic N) is 2. The van der Waals surface area contributed by atoms with Crippen LogP contribution in [0, 0.1) is 6.92 Å². The maximum absolute atomic E-state index is 5.45. The van der Waals surface area contributed by atoms with Crippen molar-refractivity contribution in [2.24, 2.45) is 10.2 Å². The third-order valence-corrected chi connectivity index (χ3v) is 4.49. The van der Waals surface area contributed by atoms with E-state index in [0.717, 1.165) is 29.1 Å². The van der Waals surface area contributed by atoms with Crippen LogP contribution in [0.4, 0.5) is 11.4 Å². The highest BCUT2D eigenvalue weighted by atomic mass is 16.5. The summed E-state index contributed by atoms with van der Waals surface area (Å²) in [7, 11) is 1.66. The molecule has 0 radical (unpaired) electrons. The molecule has 0 bridgehead atoms. The molecule has 0 amide bonds. The van der Waals surface area contributed by atoms with Gasteiger partial charge in [0.1, 0.15) is 11.4 Å². The van der Waals surface area contributed by atoms with Gasteiger partial charge in [0.05, 0.1) is 12.8 Å². The molecule has 0 N–H and O–H groups in total. The van der Waals surface area contributed by atoms with Crippen molar-refractivity contribution in [2.75, 3.05) is 7.11 Å². The Hall–Kier alpha value is -2.94. The van der Waals surface area contributed by atoms with E-state index in [4.69, 9.17) is 4.74 Å². The van der Waals surface area contributed by atoms with Crippen molar-refractivity contribution in [1.29, 1.82) is 0 Å². The van der Waals surface area contributed by atoms with Gasteiger partial charge in [0.25, 0.3) is 0 Å². The number of azo groups is 1. The lowest BCUT2D eigenvalue weighted by Crippen LogP contribution is -1.86. The molecule has 0 saturated heterocycles. The van der Waals surface area contributed by atoms with Gasteiger partial charge in [-0.3, -0.25) is 0 Å². The number of benzene rings is 3. The second kappa shape index (κ2) is 5.93. The normalized spacial score (nSPS) is 12.2. The highest BCUT2D eigenvalue weighted by Gasteiger charge is 2.20. The number of methoxy groups -OCH3 is 1. The Bertz CT molecular complexity index is 944. The van der Waals surface area contributed by atoms with Gasteiger partial charge in [-0.2, -0.15) is 5.11 Å². The molecule has 0 fully saturated rings. The van der Waals surface area contributed by atoms with Gasteiger partial charge in [0, 0.05) is 6.42 Å². The van der Waals surface area contributed by atoms with Gasteiger partial charge in [0.2, 0.25) is 0 Å². The summed E-state index contributed by atoms with van der Waals surface area (Å²) in [4.78, 5) is 0. The van der Waals surface area contributed by atoms with Crippen LogP contribution < -0.4 is 4.74 Å². The minimum absolute atomic E-state index is 0.755. The molecule has 3 aromatic rings. The van der Waals surface area contributed by atoms with Crippen LogP contribution >= 0.6 is 0 Å². The molecule has 0 aliphatic heterocycles. The quantitative estimate of drug-likeness (QED) is 0.428. The Balaban J connectivity index is 1.74. The Labute approximate surface area is 141 Å². The van der Waals surface area contributed by atoms with Crippen molar-refractivity contribution < 1.29 is 4.74 Å². The Morgan fingerprint density at radius 2 is 1.50 bits per heavy atom. The summed E-state index contributed by atoms with van der Waals surface area (Å²) < 4.78 is 5.45. The smallest absolute Gasteiger partial charge is 0.149 e. The van der Waals surface area contributed by atoms with Gasteiger partial charge in [-0.05, 0) is 46.9 Å². The van der Waals surface area contributed by atoms with Crippen LogP contribution in [0.25, 0.3) is 11.1 Å². The zero-order valence-corrected chi connectivity index (χ0v) is 13.8. The fraction of sp³-hybridized carbons (Fsp3) is 0.143. The van der Waals surface area contributed by atoms with E-state index >= 15 is 0 Å². The third-order valence-electron chi connectivity index (χ3n) is 4.49. The third kappa shape index (κ3) is 2.38. The molecule has 3 heteroatoms. The summed E-state index contributed by atoms with van der Waals surface area (Å²) in [5.74, 6) is 0.775. The lowest BCUT2D eigenvalue weighted by atomic mass is 10.1. The lowest BCUT2D eigenvalue weighted by Gasteiger charge is -2.07. The van der Waals surface area contributed by atoms with Gasteiger partial charge in [-0.15, -0.1) is 5.11 Å². The van der Waals surface area contributed by atoms with E-state index in [2.05, 4.69) is 40.6 Å². The average Bonchev–Trinajstić information content (AvgIpc) is 2.99. The maximum atomic E-state index is 5.45. The summed E-state index contributed by atoms with van der Waals surface area (Å²) in [6.07, 6.45) is 0.908. The number of para-hydroxylation sites is 1. The van der Waals surface area contributed by atoms with E-state index in [1.807, 2.05) is 37.3 Å². The molecule has 0 aromatic heterocycles. The number of aryl methyl sites for hydroxylation is 1. The second-order valence-electron chi connectivity index (χ2n) is 5.96. The summed E-state index contributed by atoms with van der Waals surface area (Å²) in [5.41, 5.74) is 7.89. The number of hydrogen-bond donors (Lipinski definition) is 0. The Morgan fingerprint density at radius 3 is 2.38 bits per heavy atom. The largest absolute Gasteiger partial charge is 0.494 e. The van der Waals surface area contributed by atoms with E-state index in [1.165, 1.54) is 22.3 Å². The first-order valence-corrected chi connectivity index (χ1v) is 8.03. The van der Waals surface area contributed by atoms with Crippen LogP contribution in [0.2, 0.25) is 0 Å². The predicted octanol–water partition coefficient (Wildman–Crippen LogP) is 5.99. The molecule has 24 heavy (non-hydrogen) atoms. The van der Waals surface area contributed by atoms with E-state index in [1.54, 1.807) is 7.11 Å². The second-order valence-corrected chi connectivity index (χ2v) is 5.96. The SMILES string of the molecule is COc1c(C)cccc1N=Nc1cccc2c1Cc1ccccc1-2. The molecule has 3 aromatic carbocycles. The number of rotatable bonds is 3. The number of hydrogen-bond acceptors (Lipinski definition) is 3. The molecule has 0 unspecified atom stereocenters. The van der Waals surface area contributed by atoms with E-state index < -0.39 is 0 Å². The average molecular weight is 314 g/mol. The Morgan fingerprint density at radius 1 is 0.792 bits per heavy atom. The highest BCUT2D eigenvalue weighted by Crippen LogP contribution is 2.41. The topological polar surface area (TPSA) is 34.0 Å². The van der Waals surface area contributed by atoms with Crippen LogP contribution in [0.3, 0.4) is 0 Å². The summed E-state index contributed by atoms with van der Waals surface area (Å²) in [5, 5.41) is 8.97. The fourth-order valence-electron chi connectivity index (χ4n) is 3.32. The molecule has 118 valence electrons. The fourth-order valence-corrected chi connectivity index (χ4v) is 3.32. The standard InChI is InChI=1S/C21H18N2O/c1-14-7-5-12-20(21(14)24-2)23-22-19-11-6-10-17-16-9-4-3-8-15(16)13-18(17)19/h3-12H,13H2,1-2H3. The summed E-state index contributed by atoms with van der Waals surface area (Å²) in [6.45, 7) is 2.01. The van der Waals surface area contributed by atoms with Crippen molar-refractivity contribution in [1.82, 2.24) is 0 Å².